The van der Waals surface area contributed by atoms with Crippen molar-refractivity contribution in [3.63, 3.8) is 0 Å². The fraction of sp³-hybridized carbons (Fsp3) is 0.654. The number of carbonyl (C=O) groups excluding carboxylic acids is 3. The van der Waals surface area contributed by atoms with Gasteiger partial charge in [-0.05, 0) is 23.1 Å². The third-order valence-corrected chi connectivity index (χ3v) is 11.9. The van der Waals surface area contributed by atoms with Crippen LogP contribution in [0.1, 0.15) is 54.0 Å². The lowest BCUT2D eigenvalue weighted by Crippen LogP contribution is -2.64. The molecule has 2 aliphatic heterocycles. The van der Waals surface area contributed by atoms with Crippen LogP contribution in [0.4, 0.5) is 4.79 Å². The monoisotopic (exact) mass is 489 g/mol. The van der Waals surface area contributed by atoms with Crippen LogP contribution in [0.25, 0.3) is 0 Å². The van der Waals surface area contributed by atoms with Crippen LogP contribution in [-0.4, -0.2) is 56.6 Å². The van der Waals surface area contributed by atoms with E-state index in [1.807, 2.05) is 51.1 Å². The van der Waals surface area contributed by atoms with Gasteiger partial charge in [-0.25, -0.2) is 9.69 Å². The summed E-state index contributed by atoms with van der Waals surface area (Å²) >= 11 is 0. The summed E-state index contributed by atoms with van der Waals surface area (Å²) in [5, 5.41) is 0. The molecule has 8 heteroatoms. The maximum absolute atomic E-state index is 13.7. The minimum atomic E-state index is -2.77. The molecule has 0 unspecified atom stereocenters. The fourth-order valence-corrected chi connectivity index (χ4v) is 9.59. The van der Waals surface area contributed by atoms with Crippen LogP contribution in [0.2, 0.25) is 11.1 Å². The molecule has 0 N–H and O–H groups in total. The molecule has 1 aromatic rings. The molecule has 7 nitrogen and oxygen atoms in total. The minimum Gasteiger partial charge on any atom is -0.447 e. The fourth-order valence-electron chi connectivity index (χ4n) is 5.41. The quantitative estimate of drug-likeness (QED) is 0.388. The van der Waals surface area contributed by atoms with Crippen LogP contribution in [0.15, 0.2) is 30.3 Å². The van der Waals surface area contributed by atoms with Crippen LogP contribution in [0.5, 0.6) is 0 Å². The highest BCUT2D eigenvalue weighted by Gasteiger charge is 2.57. The summed E-state index contributed by atoms with van der Waals surface area (Å²) in [7, 11) is -2.77. The molecule has 2 saturated heterocycles. The van der Waals surface area contributed by atoms with Crippen molar-refractivity contribution < 1.29 is 28.0 Å². The first-order valence-corrected chi connectivity index (χ1v) is 14.3. The molecule has 2 aliphatic rings. The Bertz CT molecular complexity index is 867. The van der Waals surface area contributed by atoms with Crippen molar-refractivity contribution in [1.29, 1.82) is 0 Å². The SMILES string of the molecule is CC(C)[Si]1(C(C)C)O[C@@H]([C@@H](C)C(=O)N2C(=O)OC[C@H]2Cc2ccccc2)[C@@H](C)[C@@H]([C@H](C)C=O)O1. The molecule has 0 spiro atoms. The number of hydrogen-bond acceptors (Lipinski definition) is 6. The van der Waals surface area contributed by atoms with Crippen LogP contribution >= 0.6 is 0 Å². The summed E-state index contributed by atoms with van der Waals surface area (Å²) in [6.07, 6.45) is 0.0522. The van der Waals surface area contributed by atoms with Crippen LogP contribution in [-0.2, 0) is 29.6 Å². The Labute approximate surface area is 204 Å². The molecule has 2 heterocycles. The van der Waals surface area contributed by atoms with Crippen LogP contribution < -0.4 is 0 Å². The number of amides is 2. The van der Waals surface area contributed by atoms with Gasteiger partial charge in [0.2, 0.25) is 5.91 Å². The van der Waals surface area contributed by atoms with E-state index in [1.165, 1.54) is 4.90 Å². The van der Waals surface area contributed by atoms with Crippen LogP contribution in [0, 0.1) is 17.8 Å². The summed E-state index contributed by atoms with van der Waals surface area (Å²) in [4.78, 5) is 39.4. The molecule has 0 saturated carbocycles. The molecular formula is C26H39NO6Si. The topological polar surface area (TPSA) is 82.1 Å². The van der Waals surface area contributed by atoms with Gasteiger partial charge in [0, 0.05) is 11.8 Å². The smallest absolute Gasteiger partial charge is 0.416 e. The van der Waals surface area contributed by atoms with E-state index < -0.39 is 26.7 Å². The predicted octanol–water partition coefficient (Wildman–Crippen LogP) is 4.73. The van der Waals surface area contributed by atoms with Crippen molar-refractivity contribution in [2.75, 3.05) is 6.61 Å². The average Bonchev–Trinajstić information content (AvgIpc) is 3.17. The van der Waals surface area contributed by atoms with E-state index in [0.717, 1.165) is 11.8 Å². The highest BCUT2D eigenvalue weighted by Crippen LogP contribution is 2.45. The second-order valence-corrected chi connectivity index (χ2v) is 14.7. The molecule has 1 aromatic carbocycles. The van der Waals surface area contributed by atoms with Gasteiger partial charge in [-0.1, -0.05) is 78.8 Å². The molecule has 188 valence electrons. The first kappa shape index (κ1) is 26.6. The maximum Gasteiger partial charge on any atom is 0.416 e. The molecule has 2 fully saturated rings. The van der Waals surface area contributed by atoms with Gasteiger partial charge >= 0.3 is 14.7 Å². The summed E-state index contributed by atoms with van der Waals surface area (Å²) in [5.41, 5.74) is 1.31. The van der Waals surface area contributed by atoms with Crippen molar-refractivity contribution in [3.8, 4) is 0 Å². The number of nitrogens with zero attached hydrogens (tertiary/aromatic N) is 1. The number of cyclic esters (lactones) is 1. The van der Waals surface area contributed by atoms with Gasteiger partial charge in [-0.3, -0.25) is 4.79 Å². The standard InChI is InChI=1S/C26H39NO6Si/c1-16(2)34(17(3)4)32-23(18(5)14-28)19(6)24(33-34)20(7)25(29)27-22(15-31-26(27)30)13-21-11-9-8-10-12-21/h8-12,14,16-20,22-24H,13,15H2,1-7H3/t18-,19+,20-,22-,23-,24-/m1/s1. The van der Waals surface area contributed by atoms with Gasteiger partial charge in [-0.2, -0.15) is 0 Å². The van der Waals surface area contributed by atoms with E-state index in [1.54, 1.807) is 0 Å². The van der Waals surface area contributed by atoms with Crippen molar-refractivity contribution in [1.82, 2.24) is 4.90 Å². The van der Waals surface area contributed by atoms with Crippen molar-refractivity contribution in [2.45, 2.75) is 84.2 Å². The van der Waals surface area contributed by atoms with Gasteiger partial charge in [0.25, 0.3) is 0 Å². The number of imide groups is 1. The summed E-state index contributed by atoms with van der Waals surface area (Å²) in [6.45, 7) is 14.2. The van der Waals surface area contributed by atoms with E-state index >= 15 is 0 Å². The Morgan fingerprint density at radius 2 is 1.65 bits per heavy atom. The summed E-state index contributed by atoms with van der Waals surface area (Å²) in [6, 6.07) is 9.42. The van der Waals surface area contributed by atoms with Gasteiger partial charge in [0.1, 0.15) is 12.9 Å². The van der Waals surface area contributed by atoms with E-state index in [0.29, 0.717) is 6.42 Å². The van der Waals surface area contributed by atoms with E-state index in [2.05, 4.69) is 27.7 Å². The molecule has 34 heavy (non-hydrogen) atoms. The van der Waals surface area contributed by atoms with E-state index in [9.17, 15) is 14.4 Å². The zero-order valence-electron chi connectivity index (χ0n) is 21.4. The zero-order chi connectivity index (χ0) is 25.2. The first-order chi connectivity index (χ1) is 16.0. The molecule has 0 bridgehead atoms. The maximum atomic E-state index is 13.7. The van der Waals surface area contributed by atoms with Gasteiger partial charge in [0.05, 0.1) is 24.2 Å². The van der Waals surface area contributed by atoms with E-state index in [4.69, 9.17) is 13.6 Å². The number of aldehydes is 1. The Morgan fingerprint density at radius 3 is 2.21 bits per heavy atom. The lowest BCUT2D eigenvalue weighted by molar-refractivity contribution is -0.145. The lowest BCUT2D eigenvalue weighted by Gasteiger charge is -2.52. The third-order valence-electron chi connectivity index (χ3n) is 7.41. The molecule has 0 aliphatic carbocycles. The summed E-state index contributed by atoms with van der Waals surface area (Å²) < 4.78 is 18.7. The Hall–Kier alpha value is -2.03. The molecule has 6 atom stereocenters. The highest BCUT2D eigenvalue weighted by atomic mass is 28.4. The van der Waals surface area contributed by atoms with Gasteiger partial charge in [-0.15, -0.1) is 0 Å². The Balaban J connectivity index is 1.90. The second kappa shape index (κ2) is 10.7. The third kappa shape index (κ3) is 4.99. The van der Waals surface area contributed by atoms with Gasteiger partial charge in [0.15, 0.2) is 0 Å². The molecule has 0 aromatic heterocycles. The first-order valence-electron chi connectivity index (χ1n) is 12.4. The number of carbonyl (C=O) groups is 3. The lowest BCUT2D eigenvalue weighted by atomic mass is 9.84. The summed E-state index contributed by atoms with van der Waals surface area (Å²) in [5.74, 6) is -1.40. The second-order valence-electron chi connectivity index (χ2n) is 10.5. The van der Waals surface area contributed by atoms with E-state index in [-0.39, 0.29) is 47.6 Å². The number of benzene rings is 1. The largest absolute Gasteiger partial charge is 0.447 e. The number of rotatable bonds is 8. The van der Waals surface area contributed by atoms with Crippen molar-refractivity contribution in [3.05, 3.63) is 35.9 Å². The normalized spacial score (nSPS) is 28.6. The number of ether oxygens (including phenoxy) is 1. The number of hydrogen-bond donors (Lipinski definition) is 0. The molecule has 3 rings (SSSR count). The molecular weight excluding hydrogens is 450 g/mol. The average molecular weight is 490 g/mol. The minimum absolute atomic E-state index is 0.133. The molecule has 2 amide bonds. The predicted molar refractivity (Wildman–Crippen MR) is 131 cm³/mol. The van der Waals surface area contributed by atoms with Crippen molar-refractivity contribution in [2.24, 2.45) is 17.8 Å². The highest BCUT2D eigenvalue weighted by molar-refractivity contribution is 6.70. The Morgan fingerprint density at radius 1 is 1.06 bits per heavy atom. The Kier molecular flexibility index (Phi) is 8.37. The zero-order valence-corrected chi connectivity index (χ0v) is 22.4. The molecule has 0 radical (unpaired) electrons. The van der Waals surface area contributed by atoms with Crippen LogP contribution in [0.3, 0.4) is 0 Å². The van der Waals surface area contributed by atoms with Crippen molar-refractivity contribution >= 4 is 26.8 Å². The van der Waals surface area contributed by atoms with Gasteiger partial charge < -0.3 is 18.4 Å².